The third-order valence-corrected chi connectivity index (χ3v) is 5.84. The molecule has 4 rings (SSSR count). The van der Waals surface area contributed by atoms with Gasteiger partial charge in [-0.15, -0.1) is 26.3 Å². The van der Waals surface area contributed by atoms with Gasteiger partial charge in [0, 0.05) is 26.2 Å². The fraction of sp³-hybridized carbons (Fsp3) is 0.360. The molecule has 2 N–H and O–H groups in total. The first-order valence-electron chi connectivity index (χ1n) is 12.2. The van der Waals surface area contributed by atoms with Crippen LogP contribution in [-0.2, 0) is 18.3 Å². The molecule has 0 fully saturated rings. The summed E-state index contributed by atoms with van der Waals surface area (Å²) in [6, 6.07) is 9.48. The number of aliphatic hydroxyl groups excluding tert-OH is 1. The molecule has 0 saturated heterocycles. The number of anilines is 2. The smallest absolute Gasteiger partial charge is 0.452 e. The Morgan fingerprint density at radius 3 is 2.14 bits per heavy atom. The first kappa shape index (κ1) is 30.6. The number of nitrogens with one attached hydrogen (secondary N) is 1. The van der Waals surface area contributed by atoms with E-state index in [1.165, 1.54) is 41.1 Å². The van der Waals surface area contributed by atoms with Crippen molar-refractivity contribution in [2.75, 3.05) is 36.2 Å². The molecule has 0 spiro atoms. The zero-order valence-electron chi connectivity index (χ0n) is 21.7. The molecule has 0 saturated carbocycles. The van der Waals surface area contributed by atoms with Gasteiger partial charge < -0.3 is 33.9 Å². The highest BCUT2D eigenvalue weighted by Crippen LogP contribution is 2.38. The molecular formula is C25H24F6N4O7. The Labute approximate surface area is 233 Å². The first-order chi connectivity index (χ1) is 19.8. The summed E-state index contributed by atoms with van der Waals surface area (Å²) < 4.78 is 97.4. The molecule has 11 nitrogen and oxygen atoms in total. The van der Waals surface area contributed by atoms with E-state index in [-0.39, 0.29) is 55.7 Å². The van der Waals surface area contributed by atoms with Crippen LogP contribution < -0.4 is 35.3 Å². The second-order valence-corrected chi connectivity index (χ2v) is 8.81. The maximum atomic E-state index is 13.1. The molecule has 0 amide bonds. The average Bonchev–Trinajstić information content (AvgIpc) is 3.17. The molecule has 0 bridgehead atoms. The van der Waals surface area contributed by atoms with Crippen molar-refractivity contribution in [2.24, 2.45) is 7.05 Å². The lowest BCUT2D eigenvalue weighted by Gasteiger charge is -2.32. The Kier molecular flexibility index (Phi) is 8.91. The maximum absolute atomic E-state index is 13.1. The van der Waals surface area contributed by atoms with Crippen molar-refractivity contribution in [2.45, 2.75) is 25.6 Å². The molecule has 1 aliphatic heterocycles. The van der Waals surface area contributed by atoms with Gasteiger partial charge in [-0.2, -0.15) is 0 Å². The number of aromatic nitrogens is 2. The van der Waals surface area contributed by atoms with E-state index in [9.17, 15) is 35.9 Å². The van der Waals surface area contributed by atoms with Crippen molar-refractivity contribution in [3.8, 4) is 17.2 Å². The molecule has 0 radical (unpaired) electrons. The number of hydrogen-bond acceptors (Lipinski definition) is 9. The topological polar surface area (TPSA) is 118 Å². The van der Waals surface area contributed by atoms with E-state index in [1.54, 1.807) is 0 Å². The molecule has 17 heteroatoms. The van der Waals surface area contributed by atoms with E-state index in [0.29, 0.717) is 0 Å². The van der Waals surface area contributed by atoms with E-state index in [4.69, 9.17) is 14.6 Å². The third-order valence-electron chi connectivity index (χ3n) is 5.84. The average molecular weight is 606 g/mol. The highest BCUT2D eigenvalue weighted by atomic mass is 19.4. The Bertz CT molecular complexity index is 1510. The second kappa shape index (κ2) is 12.2. The van der Waals surface area contributed by atoms with Gasteiger partial charge in [-0.1, -0.05) is 18.2 Å². The Hall–Kier alpha value is -4.38. The van der Waals surface area contributed by atoms with Crippen LogP contribution in [0.4, 0.5) is 37.8 Å². The number of ether oxygens (including phenoxy) is 4. The van der Waals surface area contributed by atoms with Gasteiger partial charge in [0.15, 0.2) is 0 Å². The van der Waals surface area contributed by atoms with Gasteiger partial charge >= 0.3 is 18.4 Å². The summed E-state index contributed by atoms with van der Waals surface area (Å²) in [6.45, 7) is -0.668. The number of aromatic amines is 1. The van der Waals surface area contributed by atoms with E-state index in [2.05, 4.69) is 14.5 Å². The lowest BCUT2D eigenvalue weighted by molar-refractivity contribution is -0.275. The van der Waals surface area contributed by atoms with Gasteiger partial charge in [-0.05, 0) is 29.8 Å². The lowest BCUT2D eigenvalue weighted by Crippen LogP contribution is -2.49. The Morgan fingerprint density at radius 1 is 0.881 bits per heavy atom. The minimum atomic E-state index is -4.99. The highest BCUT2D eigenvalue weighted by molar-refractivity contribution is 5.73. The van der Waals surface area contributed by atoms with Crippen molar-refractivity contribution in [1.82, 2.24) is 9.55 Å². The Morgan fingerprint density at radius 2 is 1.50 bits per heavy atom. The molecule has 3 aromatic rings. The number of alkyl halides is 6. The van der Waals surface area contributed by atoms with Crippen molar-refractivity contribution >= 4 is 11.5 Å². The maximum Gasteiger partial charge on any atom is 0.573 e. The Balaban J connectivity index is 1.78. The summed E-state index contributed by atoms with van der Waals surface area (Å²) in [4.78, 5) is 30.5. The summed E-state index contributed by atoms with van der Waals surface area (Å²) in [7, 11) is 1.36. The molecule has 1 aromatic heterocycles. The van der Waals surface area contributed by atoms with Crippen molar-refractivity contribution < 1.29 is 50.4 Å². The third kappa shape index (κ3) is 7.47. The number of halogens is 6. The van der Waals surface area contributed by atoms with E-state index in [0.717, 1.165) is 28.8 Å². The van der Waals surface area contributed by atoms with Gasteiger partial charge in [0.25, 0.3) is 11.9 Å². The number of nitrogens with zero attached hydrogens (tertiary/aromatic N) is 3. The van der Waals surface area contributed by atoms with E-state index < -0.39 is 41.8 Å². The summed E-state index contributed by atoms with van der Waals surface area (Å²) in [5, 5.41) is 9.05. The SMILES string of the molecule is Cn1c2c(c(=O)[nH]c1=O)N(Cc1cccc(OC(F)(F)F)c1)C(Oc1cccc(OC(F)(F)F)c1)N2CCOCCO. The monoisotopic (exact) mass is 606 g/mol. The van der Waals surface area contributed by atoms with Crippen LogP contribution in [0.5, 0.6) is 17.2 Å². The summed E-state index contributed by atoms with van der Waals surface area (Å²) >= 11 is 0. The molecule has 1 unspecified atom stereocenters. The number of aliphatic hydroxyl groups is 1. The molecule has 1 atom stereocenters. The first-order valence-corrected chi connectivity index (χ1v) is 12.2. The molecule has 0 aliphatic carbocycles. The zero-order chi connectivity index (χ0) is 30.7. The van der Waals surface area contributed by atoms with E-state index >= 15 is 0 Å². The summed E-state index contributed by atoms with van der Waals surface area (Å²) in [5.74, 6) is -1.21. The normalized spacial score (nSPS) is 15.1. The number of hydrogen-bond donors (Lipinski definition) is 2. The van der Waals surface area contributed by atoms with E-state index in [1.807, 2.05) is 0 Å². The minimum Gasteiger partial charge on any atom is -0.452 e. The number of H-pyrrole nitrogens is 1. The molecule has 1 aliphatic rings. The van der Waals surface area contributed by atoms with Gasteiger partial charge in [-0.25, -0.2) is 4.79 Å². The van der Waals surface area contributed by atoms with Crippen LogP contribution in [-0.4, -0.2) is 60.1 Å². The summed E-state index contributed by atoms with van der Waals surface area (Å²) in [6.07, 6.45) is -11.3. The second-order valence-electron chi connectivity index (χ2n) is 8.81. The highest BCUT2D eigenvalue weighted by Gasteiger charge is 2.42. The molecule has 228 valence electrons. The van der Waals surface area contributed by atoms with Crippen LogP contribution in [0.25, 0.3) is 0 Å². The van der Waals surface area contributed by atoms with Crippen molar-refractivity contribution in [3.05, 3.63) is 74.9 Å². The minimum absolute atomic E-state index is 0.0347. The van der Waals surface area contributed by atoms with Crippen LogP contribution >= 0.6 is 0 Å². The summed E-state index contributed by atoms with van der Waals surface area (Å²) in [5.41, 5.74) is -1.51. The van der Waals surface area contributed by atoms with Gasteiger partial charge in [-0.3, -0.25) is 14.3 Å². The molecule has 2 heterocycles. The fourth-order valence-corrected chi connectivity index (χ4v) is 4.30. The van der Waals surface area contributed by atoms with Crippen molar-refractivity contribution in [3.63, 3.8) is 0 Å². The standard InChI is InChI=1S/C25H24F6N4O7/c1-33-21-19(20(37)32-22(33)38)35(14-15-4-2-6-17(12-15)41-24(26,27)28)23(34(21)8-10-39-11-9-36)40-16-5-3-7-18(13-16)42-25(29,30)31/h2-7,12-13,23,36H,8-11,14H2,1H3,(H,32,37,38). The van der Waals surface area contributed by atoms with Crippen LogP contribution in [0.15, 0.2) is 58.1 Å². The number of fused-ring (bicyclic) bond motifs is 1. The van der Waals surface area contributed by atoms with Crippen LogP contribution in [0.3, 0.4) is 0 Å². The van der Waals surface area contributed by atoms with Crippen LogP contribution in [0, 0.1) is 0 Å². The van der Waals surface area contributed by atoms with Gasteiger partial charge in [0.05, 0.1) is 19.8 Å². The quantitative estimate of drug-likeness (QED) is 0.251. The number of rotatable bonds is 11. The van der Waals surface area contributed by atoms with Gasteiger partial charge in [0.2, 0.25) is 0 Å². The van der Waals surface area contributed by atoms with Crippen molar-refractivity contribution in [1.29, 1.82) is 0 Å². The fourth-order valence-electron chi connectivity index (χ4n) is 4.30. The predicted molar refractivity (Wildman–Crippen MR) is 134 cm³/mol. The molecular weight excluding hydrogens is 582 g/mol. The number of benzene rings is 2. The largest absolute Gasteiger partial charge is 0.573 e. The zero-order valence-corrected chi connectivity index (χ0v) is 21.7. The van der Waals surface area contributed by atoms with Crippen LogP contribution in [0.1, 0.15) is 5.56 Å². The lowest BCUT2D eigenvalue weighted by atomic mass is 10.2. The molecule has 42 heavy (non-hydrogen) atoms. The predicted octanol–water partition coefficient (Wildman–Crippen LogP) is 3.07. The molecule has 2 aromatic carbocycles. The van der Waals surface area contributed by atoms with Gasteiger partial charge in [0.1, 0.15) is 28.8 Å². The van der Waals surface area contributed by atoms with Crippen LogP contribution in [0.2, 0.25) is 0 Å².